The van der Waals surface area contributed by atoms with Gasteiger partial charge in [-0.1, -0.05) is 6.07 Å². The first-order chi connectivity index (χ1) is 12.2. The Kier molecular flexibility index (Phi) is 6.28. The number of hydrogen-bond donors (Lipinski definition) is 1. The highest BCUT2D eigenvalue weighted by Gasteiger charge is 2.23. The van der Waals surface area contributed by atoms with Gasteiger partial charge in [0.25, 0.3) is 0 Å². The fraction of sp³-hybridized carbons (Fsp3) is 0.368. The smallest absolute Gasteiger partial charge is 0.230 e. The largest absolute Gasteiger partial charge is 0.474 e. The van der Waals surface area contributed by atoms with E-state index in [0.717, 1.165) is 30.6 Å². The van der Waals surface area contributed by atoms with Crippen molar-refractivity contribution >= 4 is 17.7 Å². The average Bonchev–Trinajstić information content (AvgIpc) is 2.64. The van der Waals surface area contributed by atoms with E-state index in [2.05, 4.69) is 10.3 Å². The molecular weight excluding hydrogens is 339 g/mol. The number of hydrogen-bond acceptors (Lipinski definition) is 4. The van der Waals surface area contributed by atoms with Crippen LogP contribution in [-0.2, 0) is 4.79 Å². The van der Waals surface area contributed by atoms with Crippen LogP contribution in [0.3, 0.4) is 0 Å². The average molecular weight is 360 g/mol. The molecule has 2 aromatic rings. The van der Waals surface area contributed by atoms with Crippen LogP contribution in [0.15, 0.2) is 53.6 Å². The summed E-state index contributed by atoms with van der Waals surface area (Å²) in [6.07, 6.45) is 5.52. The molecule has 4 nitrogen and oxygen atoms in total. The summed E-state index contributed by atoms with van der Waals surface area (Å²) in [5, 5.41) is 3.08. The normalized spacial score (nSPS) is 20.0. The minimum Gasteiger partial charge on any atom is -0.474 e. The Balaban J connectivity index is 1.36. The molecule has 1 saturated carbocycles. The van der Waals surface area contributed by atoms with Gasteiger partial charge >= 0.3 is 0 Å². The molecule has 1 heterocycles. The Morgan fingerprint density at radius 2 is 1.92 bits per heavy atom. The highest BCUT2D eigenvalue weighted by Crippen LogP contribution is 2.23. The van der Waals surface area contributed by atoms with Crippen molar-refractivity contribution in [3.8, 4) is 5.88 Å². The van der Waals surface area contributed by atoms with E-state index in [9.17, 15) is 9.18 Å². The minimum absolute atomic E-state index is 0.0171. The van der Waals surface area contributed by atoms with E-state index in [1.54, 1.807) is 18.3 Å². The number of rotatable bonds is 6. The lowest BCUT2D eigenvalue weighted by molar-refractivity contribution is -0.119. The van der Waals surface area contributed by atoms with Crippen LogP contribution in [-0.4, -0.2) is 28.8 Å². The Bertz CT molecular complexity index is 674. The van der Waals surface area contributed by atoms with Gasteiger partial charge in [0.1, 0.15) is 11.9 Å². The first kappa shape index (κ1) is 17.7. The topological polar surface area (TPSA) is 51.2 Å². The van der Waals surface area contributed by atoms with E-state index in [4.69, 9.17) is 4.74 Å². The second-order valence-electron chi connectivity index (χ2n) is 6.07. The number of benzene rings is 1. The summed E-state index contributed by atoms with van der Waals surface area (Å²) >= 11 is 1.42. The molecule has 25 heavy (non-hydrogen) atoms. The highest BCUT2D eigenvalue weighted by molar-refractivity contribution is 8.00. The lowest BCUT2D eigenvalue weighted by atomic mass is 9.93. The van der Waals surface area contributed by atoms with Crippen molar-refractivity contribution in [2.24, 2.45) is 0 Å². The maximum absolute atomic E-state index is 12.9. The molecule has 1 N–H and O–H groups in total. The molecule has 1 aromatic heterocycles. The summed E-state index contributed by atoms with van der Waals surface area (Å²) in [6.45, 7) is 0. The molecule has 1 amide bonds. The molecule has 0 radical (unpaired) electrons. The molecule has 0 unspecified atom stereocenters. The van der Waals surface area contributed by atoms with Crippen LogP contribution < -0.4 is 10.1 Å². The van der Waals surface area contributed by atoms with Crippen LogP contribution in [0.5, 0.6) is 5.88 Å². The molecule has 1 aliphatic carbocycles. The second-order valence-corrected chi connectivity index (χ2v) is 7.12. The summed E-state index contributed by atoms with van der Waals surface area (Å²) < 4.78 is 18.7. The number of thioether (sulfide) groups is 1. The van der Waals surface area contributed by atoms with E-state index >= 15 is 0 Å². The molecule has 0 spiro atoms. The molecule has 0 saturated heterocycles. The van der Waals surface area contributed by atoms with E-state index in [0.29, 0.717) is 11.6 Å². The number of carbonyl (C=O) groups is 1. The molecule has 6 heteroatoms. The lowest BCUT2D eigenvalue weighted by Crippen LogP contribution is -2.40. The number of aromatic nitrogens is 1. The lowest BCUT2D eigenvalue weighted by Gasteiger charge is -2.29. The third-order valence-electron chi connectivity index (χ3n) is 4.15. The van der Waals surface area contributed by atoms with Crippen molar-refractivity contribution in [2.45, 2.75) is 42.7 Å². The molecule has 3 rings (SSSR count). The van der Waals surface area contributed by atoms with Gasteiger partial charge in [0, 0.05) is 23.2 Å². The van der Waals surface area contributed by atoms with E-state index in [1.165, 1.54) is 23.9 Å². The van der Waals surface area contributed by atoms with Crippen LogP contribution in [0.25, 0.3) is 0 Å². The number of carbonyl (C=O) groups excluding carboxylic acids is 1. The van der Waals surface area contributed by atoms with Gasteiger partial charge in [-0.3, -0.25) is 4.79 Å². The molecule has 1 fully saturated rings. The fourth-order valence-electron chi connectivity index (χ4n) is 2.86. The second kappa shape index (κ2) is 8.85. The van der Waals surface area contributed by atoms with Gasteiger partial charge in [0.15, 0.2) is 0 Å². The predicted octanol–water partition coefficient (Wildman–Crippen LogP) is 3.82. The summed E-state index contributed by atoms with van der Waals surface area (Å²) in [6, 6.07) is 12.0. The number of amides is 1. The Hall–Kier alpha value is -2.08. The van der Waals surface area contributed by atoms with Crippen LogP contribution in [0.4, 0.5) is 4.39 Å². The van der Waals surface area contributed by atoms with Crippen molar-refractivity contribution in [3.05, 3.63) is 54.5 Å². The van der Waals surface area contributed by atoms with E-state index in [-0.39, 0.29) is 23.9 Å². The Morgan fingerprint density at radius 3 is 2.60 bits per heavy atom. The zero-order chi connectivity index (χ0) is 17.5. The molecular formula is C19H21FN2O2S. The van der Waals surface area contributed by atoms with Gasteiger partial charge in [-0.05, 0) is 56.0 Å². The Morgan fingerprint density at radius 1 is 1.16 bits per heavy atom. The Labute approximate surface area is 151 Å². The molecule has 0 aliphatic heterocycles. The zero-order valence-corrected chi connectivity index (χ0v) is 14.7. The maximum Gasteiger partial charge on any atom is 0.230 e. The molecule has 132 valence electrons. The van der Waals surface area contributed by atoms with Gasteiger partial charge in [-0.2, -0.15) is 0 Å². The molecule has 1 aliphatic rings. The summed E-state index contributed by atoms with van der Waals surface area (Å²) in [7, 11) is 0. The van der Waals surface area contributed by atoms with Crippen molar-refractivity contribution in [2.75, 3.05) is 5.75 Å². The first-order valence-electron chi connectivity index (χ1n) is 8.44. The van der Waals surface area contributed by atoms with Gasteiger partial charge in [0.05, 0.1) is 5.75 Å². The maximum atomic E-state index is 12.9. The van der Waals surface area contributed by atoms with Gasteiger partial charge in [-0.15, -0.1) is 11.8 Å². The first-order valence-corrected chi connectivity index (χ1v) is 9.43. The van der Waals surface area contributed by atoms with Crippen molar-refractivity contribution in [1.29, 1.82) is 0 Å². The third-order valence-corrected chi connectivity index (χ3v) is 5.16. The predicted molar refractivity (Wildman–Crippen MR) is 96.2 cm³/mol. The molecule has 0 bridgehead atoms. The monoisotopic (exact) mass is 360 g/mol. The zero-order valence-electron chi connectivity index (χ0n) is 13.9. The fourth-order valence-corrected chi connectivity index (χ4v) is 3.57. The summed E-state index contributed by atoms with van der Waals surface area (Å²) in [5.74, 6) is 0.753. The third kappa shape index (κ3) is 5.74. The highest BCUT2D eigenvalue weighted by atomic mass is 32.2. The summed E-state index contributed by atoms with van der Waals surface area (Å²) in [5.41, 5.74) is 0. The van der Waals surface area contributed by atoms with Gasteiger partial charge in [-0.25, -0.2) is 9.37 Å². The number of ether oxygens (including phenoxy) is 1. The van der Waals surface area contributed by atoms with Gasteiger partial charge < -0.3 is 10.1 Å². The standard InChI is InChI=1S/C19H21FN2O2S/c20-14-4-10-17(11-5-14)25-13-18(23)22-15-6-8-16(9-7-15)24-19-3-1-2-12-21-19/h1-5,10-12,15-16H,6-9,13H2,(H,22,23). The quantitative estimate of drug-likeness (QED) is 0.796. The van der Waals surface area contributed by atoms with Crippen LogP contribution >= 0.6 is 11.8 Å². The SMILES string of the molecule is O=C(CSc1ccc(F)cc1)NC1CCC(Oc2ccccn2)CC1. The molecule has 0 atom stereocenters. The number of halogens is 1. The van der Waals surface area contributed by atoms with Crippen molar-refractivity contribution < 1.29 is 13.9 Å². The van der Waals surface area contributed by atoms with Crippen LogP contribution in [0.1, 0.15) is 25.7 Å². The number of nitrogens with zero attached hydrogens (tertiary/aromatic N) is 1. The van der Waals surface area contributed by atoms with E-state index in [1.807, 2.05) is 18.2 Å². The van der Waals surface area contributed by atoms with Gasteiger partial charge in [0.2, 0.25) is 11.8 Å². The minimum atomic E-state index is -0.265. The number of nitrogens with one attached hydrogen (secondary N) is 1. The summed E-state index contributed by atoms with van der Waals surface area (Å²) in [4.78, 5) is 17.2. The van der Waals surface area contributed by atoms with E-state index < -0.39 is 0 Å². The number of pyridine rings is 1. The van der Waals surface area contributed by atoms with Crippen LogP contribution in [0, 0.1) is 5.82 Å². The van der Waals surface area contributed by atoms with Crippen LogP contribution in [0.2, 0.25) is 0 Å². The van der Waals surface area contributed by atoms with Crippen molar-refractivity contribution in [1.82, 2.24) is 10.3 Å². The molecule has 1 aromatic carbocycles. The van der Waals surface area contributed by atoms with Crippen molar-refractivity contribution in [3.63, 3.8) is 0 Å².